The van der Waals surface area contributed by atoms with E-state index in [1.54, 1.807) is 19.1 Å². The molecule has 2 aliphatic rings. The van der Waals surface area contributed by atoms with Gasteiger partial charge in [0.15, 0.2) is 15.7 Å². The van der Waals surface area contributed by atoms with Crippen LogP contribution in [0.25, 0.3) is 11.0 Å². The van der Waals surface area contributed by atoms with Crippen molar-refractivity contribution in [2.75, 3.05) is 11.6 Å². The predicted octanol–water partition coefficient (Wildman–Crippen LogP) is 3.89. The van der Waals surface area contributed by atoms with Crippen molar-refractivity contribution < 1.29 is 12.8 Å². The molecule has 5 rings (SSSR count). The van der Waals surface area contributed by atoms with Gasteiger partial charge in [0, 0.05) is 29.6 Å². The molecule has 2 fully saturated rings. The summed E-state index contributed by atoms with van der Waals surface area (Å²) >= 11 is 0. The Bertz CT molecular complexity index is 1380. The van der Waals surface area contributed by atoms with Crippen LogP contribution in [0.2, 0.25) is 0 Å². The smallest absolute Gasteiger partial charge is 0.288 e. The third-order valence-electron chi connectivity index (χ3n) is 6.66. The number of halogens is 1. The first kappa shape index (κ1) is 20.1. The van der Waals surface area contributed by atoms with Crippen LogP contribution in [0.3, 0.4) is 0 Å². The maximum atomic E-state index is 14.4. The quantitative estimate of drug-likeness (QED) is 0.659. The van der Waals surface area contributed by atoms with Crippen LogP contribution in [0.5, 0.6) is 0 Å². The van der Waals surface area contributed by atoms with Crippen LogP contribution in [-0.4, -0.2) is 29.2 Å². The van der Waals surface area contributed by atoms with Crippen LogP contribution in [0.15, 0.2) is 40.2 Å². The Morgan fingerprint density at radius 2 is 2.00 bits per heavy atom. The van der Waals surface area contributed by atoms with Crippen molar-refractivity contribution in [1.29, 1.82) is 0 Å². The Morgan fingerprint density at radius 3 is 2.68 bits per heavy atom. The molecular formula is C22H23FN4O3S. The molecule has 9 heteroatoms. The van der Waals surface area contributed by atoms with E-state index < -0.39 is 21.2 Å². The minimum absolute atomic E-state index is 0.0447. The maximum Gasteiger partial charge on any atom is 0.288 e. The molecule has 1 unspecified atom stereocenters. The zero-order chi connectivity index (χ0) is 22.0. The summed E-state index contributed by atoms with van der Waals surface area (Å²) in [5.74, 6) is -0.517. The number of anilines is 2. The Morgan fingerprint density at radius 1 is 1.23 bits per heavy atom. The Hall–Kier alpha value is -2.81. The molecule has 3 aromatic rings. The minimum atomic E-state index is -3.31. The summed E-state index contributed by atoms with van der Waals surface area (Å²) in [5, 5.41) is 3.59. The maximum absolute atomic E-state index is 14.4. The number of aryl methyl sites for hydroxylation is 1. The SMILES string of the molecule is Cc1cc(S(C)(=O)=O)ccc1Nc1ncc2cc(F)c(=O)n(C3CCCC34CC4)c2n1. The highest BCUT2D eigenvalue weighted by atomic mass is 32.2. The summed E-state index contributed by atoms with van der Waals surface area (Å²) in [7, 11) is -3.31. The van der Waals surface area contributed by atoms with E-state index in [1.807, 2.05) is 0 Å². The number of fused-ring (bicyclic) bond motifs is 1. The molecule has 1 spiro atoms. The van der Waals surface area contributed by atoms with Gasteiger partial charge in [-0.1, -0.05) is 6.42 Å². The molecule has 2 saturated carbocycles. The largest absolute Gasteiger partial charge is 0.324 e. The molecule has 2 heterocycles. The summed E-state index contributed by atoms with van der Waals surface area (Å²) in [5.41, 5.74) is 1.26. The topological polar surface area (TPSA) is 94.0 Å². The fourth-order valence-corrected chi connectivity index (χ4v) is 5.54. The Kier molecular flexibility index (Phi) is 4.44. The number of hydrogen-bond donors (Lipinski definition) is 1. The zero-order valence-electron chi connectivity index (χ0n) is 17.4. The van der Waals surface area contributed by atoms with Crippen molar-refractivity contribution in [3.05, 3.63) is 52.2 Å². The molecule has 162 valence electrons. The van der Waals surface area contributed by atoms with Crippen molar-refractivity contribution in [2.45, 2.75) is 50.0 Å². The van der Waals surface area contributed by atoms with Crippen molar-refractivity contribution in [1.82, 2.24) is 14.5 Å². The average Bonchev–Trinajstić information content (AvgIpc) is 3.37. The lowest BCUT2D eigenvalue weighted by molar-refractivity contribution is 0.352. The zero-order valence-corrected chi connectivity index (χ0v) is 18.2. The highest BCUT2D eigenvalue weighted by Crippen LogP contribution is 2.63. The fraction of sp³-hybridized carbons (Fsp3) is 0.409. The van der Waals surface area contributed by atoms with Crippen LogP contribution in [-0.2, 0) is 9.84 Å². The molecular weight excluding hydrogens is 419 g/mol. The number of rotatable bonds is 4. The van der Waals surface area contributed by atoms with Gasteiger partial charge in [0.05, 0.1) is 4.90 Å². The van der Waals surface area contributed by atoms with Gasteiger partial charge in [0.1, 0.15) is 5.65 Å². The number of nitrogens with zero attached hydrogens (tertiary/aromatic N) is 3. The van der Waals surface area contributed by atoms with Crippen LogP contribution in [0.1, 0.15) is 43.7 Å². The van der Waals surface area contributed by atoms with E-state index in [9.17, 15) is 17.6 Å². The lowest BCUT2D eigenvalue weighted by atomic mass is 10.00. The normalized spacial score (nSPS) is 19.8. The predicted molar refractivity (Wildman–Crippen MR) is 116 cm³/mol. The average molecular weight is 443 g/mol. The van der Waals surface area contributed by atoms with E-state index in [-0.39, 0.29) is 22.3 Å². The molecule has 2 aromatic heterocycles. The third-order valence-corrected chi connectivity index (χ3v) is 7.78. The number of nitrogens with one attached hydrogen (secondary N) is 1. The van der Waals surface area contributed by atoms with E-state index in [4.69, 9.17) is 0 Å². The van der Waals surface area contributed by atoms with Crippen molar-refractivity contribution in [2.24, 2.45) is 5.41 Å². The highest BCUT2D eigenvalue weighted by molar-refractivity contribution is 7.90. The number of benzene rings is 1. The first-order chi connectivity index (χ1) is 14.7. The number of aromatic nitrogens is 3. The summed E-state index contributed by atoms with van der Waals surface area (Å²) in [6.07, 6.45) is 7.72. The van der Waals surface area contributed by atoms with Crippen molar-refractivity contribution in [3.63, 3.8) is 0 Å². The van der Waals surface area contributed by atoms with Gasteiger partial charge in [-0.3, -0.25) is 9.36 Å². The van der Waals surface area contributed by atoms with Crippen LogP contribution < -0.4 is 10.9 Å². The summed E-state index contributed by atoms with van der Waals surface area (Å²) in [4.78, 5) is 21.9. The molecule has 31 heavy (non-hydrogen) atoms. The van der Waals surface area contributed by atoms with Gasteiger partial charge in [-0.2, -0.15) is 4.98 Å². The molecule has 1 aromatic carbocycles. The van der Waals surface area contributed by atoms with Gasteiger partial charge < -0.3 is 5.32 Å². The second kappa shape index (κ2) is 6.85. The summed E-state index contributed by atoms with van der Waals surface area (Å²) in [6, 6.07) is 5.91. The van der Waals surface area contributed by atoms with Gasteiger partial charge >= 0.3 is 0 Å². The van der Waals surface area contributed by atoms with E-state index in [0.717, 1.165) is 43.9 Å². The molecule has 1 atom stereocenters. The lowest BCUT2D eigenvalue weighted by Gasteiger charge is -2.23. The third kappa shape index (κ3) is 3.40. The van der Waals surface area contributed by atoms with E-state index >= 15 is 0 Å². The molecule has 0 bridgehead atoms. The standard InChI is InChI=1S/C22H23FN4O3S/c1-13-10-15(31(2,29)30)5-6-17(13)25-21-24-12-14-11-16(23)20(28)27(19(14)26-21)18-4-3-7-22(18)8-9-22/h5-6,10-12,18H,3-4,7-9H2,1-2H3,(H,24,25,26). The second-order valence-corrected chi connectivity index (χ2v) is 10.8. The van der Waals surface area contributed by atoms with Crippen molar-refractivity contribution in [3.8, 4) is 0 Å². The van der Waals surface area contributed by atoms with Gasteiger partial charge in [0.25, 0.3) is 5.56 Å². The van der Waals surface area contributed by atoms with Crippen LogP contribution in [0.4, 0.5) is 16.0 Å². The molecule has 2 aliphatic carbocycles. The second-order valence-electron chi connectivity index (χ2n) is 8.78. The number of sulfone groups is 1. The Balaban J connectivity index is 1.58. The minimum Gasteiger partial charge on any atom is -0.324 e. The van der Waals surface area contributed by atoms with Gasteiger partial charge in [-0.05, 0) is 67.9 Å². The van der Waals surface area contributed by atoms with Crippen molar-refractivity contribution >= 4 is 32.5 Å². The molecule has 1 N–H and O–H groups in total. The fourth-order valence-electron chi connectivity index (χ4n) is 4.83. The van der Waals surface area contributed by atoms with E-state index in [2.05, 4.69) is 15.3 Å². The molecule has 0 aliphatic heterocycles. The summed E-state index contributed by atoms with van der Waals surface area (Å²) in [6.45, 7) is 1.79. The first-order valence-corrected chi connectivity index (χ1v) is 12.2. The number of pyridine rings is 1. The summed E-state index contributed by atoms with van der Waals surface area (Å²) < 4.78 is 39.5. The lowest BCUT2D eigenvalue weighted by Crippen LogP contribution is -2.30. The monoisotopic (exact) mass is 442 g/mol. The van der Waals surface area contributed by atoms with Gasteiger partial charge in [0.2, 0.25) is 5.95 Å². The first-order valence-electron chi connectivity index (χ1n) is 10.3. The highest BCUT2D eigenvalue weighted by Gasteiger charge is 2.53. The van der Waals surface area contributed by atoms with E-state index in [1.165, 1.54) is 22.9 Å². The molecule has 0 radical (unpaired) electrons. The van der Waals surface area contributed by atoms with Gasteiger partial charge in [-0.25, -0.2) is 17.8 Å². The van der Waals surface area contributed by atoms with E-state index in [0.29, 0.717) is 16.7 Å². The Labute approximate surface area is 179 Å². The molecule has 0 saturated heterocycles. The molecule has 7 nitrogen and oxygen atoms in total. The van der Waals surface area contributed by atoms with Crippen LogP contribution >= 0.6 is 0 Å². The van der Waals surface area contributed by atoms with Crippen LogP contribution in [0, 0.1) is 18.2 Å². The molecule has 0 amide bonds. The number of hydrogen-bond acceptors (Lipinski definition) is 6. The van der Waals surface area contributed by atoms with Gasteiger partial charge in [-0.15, -0.1) is 0 Å².